The molecule has 5 heteroatoms. The zero-order valence-electron chi connectivity index (χ0n) is 13.5. The van der Waals surface area contributed by atoms with Crippen LogP contribution in [0.4, 0.5) is 5.69 Å². The molecule has 3 rings (SSSR count). The van der Waals surface area contributed by atoms with Gasteiger partial charge in [0.05, 0.1) is 0 Å². The Bertz CT molecular complexity index is 895. The molecule has 0 heterocycles. The molecular weight excluding hydrogens is 507 g/mol. The zero-order chi connectivity index (χ0) is 17.0. The van der Waals surface area contributed by atoms with E-state index in [1.807, 2.05) is 79.7 Å². The van der Waals surface area contributed by atoms with Gasteiger partial charge in [-0.25, -0.2) is 0 Å². The first-order valence-electron chi connectivity index (χ1n) is 7.76. The molecule has 0 aliphatic carbocycles. The summed E-state index contributed by atoms with van der Waals surface area (Å²) in [6.45, 7) is 1.95. The molecule has 3 aromatic carbocycles. The van der Waals surface area contributed by atoms with Crippen molar-refractivity contribution in [3.05, 3.63) is 90.5 Å². The number of hydrogen-bond donors (Lipinski definition) is 0. The van der Waals surface area contributed by atoms with Crippen LogP contribution in [0.25, 0.3) is 0 Å². The van der Waals surface area contributed by atoms with Crippen molar-refractivity contribution in [2.45, 2.75) is 11.8 Å². The number of rotatable bonds is 5. The Morgan fingerprint density at radius 2 is 1.29 bits per heavy atom. The number of para-hydroxylation sites is 1. The van der Waals surface area contributed by atoms with Gasteiger partial charge < -0.3 is 0 Å². The van der Waals surface area contributed by atoms with E-state index in [0.717, 1.165) is 14.3 Å². The molecular formula is C19H17HgNO2S. The predicted octanol–water partition coefficient (Wildman–Crippen LogP) is 3.51. The number of anilines is 1. The Balaban J connectivity index is 2.05. The maximum atomic E-state index is 13.2. The van der Waals surface area contributed by atoms with E-state index in [9.17, 15) is 8.42 Å². The Morgan fingerprint density at radius 3 is 1.88 bits per heavy atom. The van der Waals surface area contributed by atoms with Gasteiger partial charge in [-0.2, -0.15) is 0 Å². The average Bonchev–Trinajstić information content (AvgIpc) is 2.61. The van der Waals surface area contributed by atoms with E-state index < -0.39 is 34.9 Å². The van der Waals surface area contributed by atoms with Crippen molar-refractivity contribution in [1.29, 1.82) is 0 Å². The van der Waals surface area contributed by atoms with Crippen molar-refractivity contribution >= 4 is 18.8 Å². The predicted molar refractivity (Wildman–Crippen MR) is 93.4 cm³/mol. The topological polar surface area (TPSA) is 37.4 Å². The Morgan fingerprint density at radius 1 is 0.750 bits per heavy atom. The fraction of sp³-hybridized carbons (Fsp3) is 0.0526. The summed E-state index contributed by atoms with van der Waals surface area (Å²) in [5.41, 5.74) is 1.80. The molecule has 0 aliphatic heterocycles. The second kappa shape index (κ2) is 7.49. The second-order valence-electron chi connectivity index (χ2n) is 5.65. The van der Waals surface area contributed by atoms with E-state index in [0.29, 0.717) is 4.90 Å². The molecule has 0 bridgehead atoms. The standard InChI is InChI=1S/C13H12NO2S.C6H5.Hg/c1-11-7-9-13(10-8-11)17(15,16)14-12-5-3-2-4-6-12;1-2-4-6-5-3-1;/h2-10H,1H3;1-5H;/q-1;;+1. The van der Waals surface area contributed by atoms with E-state index >= 15 is 0 Å². The molecule has 0 aliphatic rings. The minimum atomic E-state index is -3.54. The van der Waals surface area contributed by atoms with Gasteiger partial charge >= 0.3 is 156 Å². The SMILES string of the molecule is Cc1ccc(S(=O)(=O)[N]([Hg][c]2ccccc2)c2ccccc2)cc1. The van der Waals surface area contributed by atoms with Gasteiger partial charge in [0.25, 0.3) is 0 Å². The summed E-state index contributed by atoms with van der Waals surface area (Å²) in [5.74, 6) is 0. The summed E-state index contributed by atoms with van der Waals surface area (Å²) in [6, 6.07) is 26.4. The van der Waals surface area contributed by atoms with Gasteiger partial charge in [0.15, 0.2) is 0 Å². The summed E-state index contributed by atoms with van der Waals surface area (Å²) in [7, 11) is -3.54. The zero-order valence-corrected chi connectivity index (χ0v) is 19.8. The maximum absolute atomic E-state index is 13.2. The third kappa shape index (κ3) is 3.87. The molecule has 0 unspecified atom stereocenters. The van der Waals surface area contributed by atoms with E-state index in [2.05, 4.69) is 0 Å². The van der Waals surface area contributed by atoms with Crippen LogP contribution in [0.2, 0.25) is 0 Å². The normalized spacial score (nSPS) is 10.9. The molecule has 0 amide bonds. The first kappa shape index (κ1) is 17.2. The van der Waals surface area contributed by atoms with Crippen molar-refractivity contribution in [2.75, 3.05) is 2.07 Å². The molecule has 0 spiro atoms. The Kier molecular flexibility index (Phi) is 5.36. The Labute approximate surface area is 155 Å². The molecule has 118 valence electrons. The van der Waals surface area contributed by atoms with Gasteiger partial charge in [0, 0.05) is 0 Å². The van der Waals surface area contributed by atoms with Crippen LogP contribution in [0.5, 0.6) is 0 Å². The average molecular weight is 524 g/mol. The van der Waals surface area contributed by atoms with Gasteiger partial charge in [-0.1, -0.05) is 0 Å². The molecule has 0 atom stereocenters. The quantitative estimate of drug-likeness (QED) is 0.480. The monoisotopic (exact) mass is 525 g/mol. The van der Waals surface area contributed by atoms with Crippen LogP contribution >= 0.6 is 0 Å². The summed E-state index contributed by atoms with van der Waals surface area (Å²) in [4.78, 5) is 0.355. The fourth-order valence-corrected chi connectivity index (χ4v) is 13.5. The van der Waals surface area contributed by atoms with Crippen LogP contribution in [0.15, 0.2) is 89.8 Å². The van der Waals surface area contributed by atoms with Crippen LogP contribution < -0.4 is 5.14 Å². The molecule has 24 heavy (non-hydrogen) atoms. The Hall–Kier alpha value is -1.65. The number of aryl methyl sites for hydroxylation is 1. The minimum absolute atomic E-state index is 0.355. The first-order valence-corrected chi connectivity index (χ1v) is 14.4. The summed E-state index contributed by atoms with van der Waals surface area (Å²) >= 11 is -2.11. The second-order valence-corrected chi connectivity index (χ2v) is 16.2. The summed E-state index contributed by atoms with van der Waals surface area (Å²) in [5, 5.41) is 0. The third-order valence-electron chi connectivity index (χ3n) is 3.82. The molecule has 0 N–H and O–H groups in total. The van der Waals surface area contributed by atoms with Gasteiger partial charge in [-0.05, 0) is 0 Å². The van der Waals surface area contributed by atoms with Crippen LogP contribution in [0.1, 0.15) is 5.56 Å². The van der Waals surface area contributed by atoms with Crippen LogP contribution in [-0.4, -0.2) is 8.42 Å². The van der Waals surface area contributed by atoms with Gasteiger partial charge in [-0.3, -0.25) is 0 Å². The van der Waals surface area contributed by atoms with E-state index in [1.54, 1.807) is 14.2 Å². The molecule has 3 nitrogen and oxygen atoms in total. The molecule has 0 saturated carbocycles. The molecule has 0 saturated heterocycles. The number of nitrogens with zero attached hydrogens (tertiary/aromatic N) is 1. The van der Waals surface area contributed by atoms with Crippen molar-refractivity contribution in [2.24, 2.45) is 0 Å². The summed E-state index contributed by atoms with van der Waals surface area (Å²) in [6.07, 6.45) is 0. The van der Waals surface area contributed by atoms with Crippen molar-refractivity contribution in [1.82, 2.24) is 0 Å². The van der Waals surface area contributed by atoms with Crippen LogP contribution in [0, 0.1) is 6.92 Å². The van der Waals surface area contributed by atoms with Crippen molar-refractivity contribution < 1.29 is 33.3 Å². The molecule has 3 aromatic rings. The summed E-state index contributed by atoms with van der Waals surface area (Å²) < 4.78 is 29.3. The van der Waals surface area contributed by atoms with Crippen molar-refractivity contribution in [3.63, 3.8) is 0 Å². The number of hydrogen-bond acceptors (Lipinski definition) is 2. The van der Waals surface area contributed by atoms with E-state index in [1.165, 1.54) is 0 Å². The van der Waals surface area contributed by atoms with Crippen LogP contribution in [-0.2, 0) is 34.9 Å². The van der Waals surface area contributed by atoms with Crippen molar-refractivity contribution in [3.8, 4) is 0 Å². The van der Waals surface area contributed by atoms with Gasteiger partial charge in [0.2, 0.25) is 0 Å². The first-order chi connectivity index (χ1) is 11.6. The van der Waals surface area contributed by atoms with Crippen LogP contribution in [0.3, 0.4) is 0 Å². The molecule has 0 radical (unpaired) electrons. The van der Waals surface area contributed by atoms with E-state index in [-0.39, 0.29) is 0 Å². The fourth-order valence-electron chi connectivity index (χ4n) is 2.50. The van der Waals surface area contributed by atoms with Gasteiger partial charge in [0.1, 0.15) is 0 Å². The third-order valence-corrected chi connectivity index (χ3v) is 16.4. The van der Waals surface area contributed by atoms with E-state index in [4.69, 9.17) is 0 Å². The molecule has 0 fully saturated rings. The van der Waals surface area contributed by atoms with Gasteiger partial charge in [-0.15, -0.1) is 0 Å². The molecule has 0 aromatic heterocycles. The number of sulfonamides is 1. The number of benzene rings is 3.